The van der Waals surface area contributed by atoms with Gasteiger partial charge >= 0.3 is 0 Å². The molecule has 0 amide bonds. The lowest BCUT2D eigenvalue weighted by atomic mass is 10.2. The Bertz CT molecular complexity index is 432. The molecule has 0 saturated heterocycles. The second kappa shape index (κ2) is 7.16. The summed E-state index contributed by atoms with van der Waals surface area (Å²) in [5, 5.41) is 4.24. The van der Waals surface area contributed by atoms with Crippen LogP contribution in [0.5, 0.6) is 0 Å². The normalized spacial score (nSPS) is 14.7. The Morgan fingerprint density at radius 2 is 2.15 bits per heavy atom. The van der Waals surface area contributed by atoms with Crippen molar-refractivity contribution in [2.45, 2.75) is 51.2 Å². The standard InChI is InChI=1S/C15H26N4S/c1-5-8-16-13-9-14(18-15(17-13)20-4)19(10-11(2)3)12-6-7-12/h9,11-12H,5-8,10H2,1-4H3,(H,16,17,18). The van der Waals surface area contributed by atoms with Crippen LogP contribution in [0.1, 0.15) is 40.0 Å². The lowest BCUT2D eigenvalue weighted by Crippen LogP contribution is -2.31. The molecule has 0 unspecified atom stereocenters. The number of rotatable bonds is 8. The van der Waals surface area contributed by atoms with Crippen molar-refractivity contribution in [3.05, 3.63) is 6.07 Å². The minimum atomic E-state index is 0.648. The molecule has 4 nitrogen and oxygen atoms in total. The fourth-order valence-corrected chi connectivity index (χ4v) is 2.58. The van der Waals surface area contributed by atoms with Gasteiger partial charge in [-0.2, -0.15) is 0 Å². The van der Waals surface area contributed by atoms with Crippen LogP contribution in [0.2, 0.25) is 0 Å². The number of aromatic nitrogens is 2. The zero-order chi connectivity index (χ0) is 14.5. The van der Waals surface area contributed by atoms with Crippen molar-refractivity contribution in [2.24, 2.45) is 5.92 Å². The summed E-state index contributed by atoms with van der Waals surface area (Å²) >= 11 is 1.61. The molecule has 5 heteroatoms. The Morgan fingerprint density at radius 3 is 2.70 bits per heavy atom. The van der Waals surface area contributed by atoms with E-state index in [1.165, 1.54) is 12.8 Å². The van der Waals surface area contributed by atoms with E-state index in [1.807, 2.05) is 6.26 Å². The first kappa shape index (κ1) is 15.4. The molecule has 1 aromatic heterocycles. The molecule has 1 N–H and O–H groups in total. The van der Waals surface area contributed by atoms with Crippen LogP contribution in [0.4, 0.5) is 11.6 Å². The fraction of sp³-hybridized carbons (Fsp3) is 0.733. The van der Waals surface area contributed by atoms with E-state index >= 15 is 0 Å². The number of nitrogens with zero attached hydrogens (tertiary/aromatic N) is 3. The van der Waals surface area contributed by atoms with Gasteiger partial charge in [0.15, 0.2) is 5.16 Å². The Balaban J connectivity index is 2.22. The van der Waals surface area contributed by atoms with Crippen LogP contribution in [0.3, 0.4) is 0 Å². The van der Waals surface area contributed by atoms with E-state index in [1.54, 1.807) is 11.8 Å². The van der Waals surface area contributed by atoms with Crippen molar-refractivity contribution in [1.29, 1.82) is 0 Å². The smallest absolute Gasteiger partial charge is 0.191 e. The number of thioether (sulfide) groups is 1. The van der Waals surface area contributed by atoms with Crippen LogP contribution < -0.4 is 10.2 Å². The van der Waals surface area contributed by atoms with Gasteiger partial charge in [-0.3, -0.25) is 0 Å². The van der Waals surface area contributed by atoms with Crippen molar-refractivity contribution >= 4 is 23.4 Å². The molecule has 20 heavy (non-hydrogen) atoms. The van der Waals surface area contributed by atoms with Crippen LogP contribution >= 0.6 is 11.8 Å². The third-order valence-electron chi connectivity index (χ3n) is 3.27. The average Bonchev–Trinajstić information content (AvgIpc) is 3.26. The highest BCUT2D eigenvalue weighted by Crippen LogP contribution is 2.32. The van der Waals surface area contributed by atoms with Crippen molar-refractivity contribution in [1.82, 2.24) is 9.97 Å². The minimum Gasteiger partial charge on any atom is -0.370 e. The van der Waals surface area contributed by atoms with E-state index < -0.39 is 0 Å². The van der Waals surface area contributed by atoms with Gasteiger partial charge in [0.1, 0.15) is 11.6 Å². The summed E-state index contributed by atoms with van der Waals surface area (Å²) in [6, 6.07) is 2.79. The molecule has 0 aromatic carbocycles. The second-order valence-corrected chi connectivity index (χ2v) is 6.58. The molecule has 0 atom stereocenters. The van der Waals surface area contributed by atoms with Gasteiger partial charge in [-0.1, -0.05) is 32.5 Å². The first-order valence-electron chi connectivity index (χ1n) is 7.57. The average molecular weight is 294 g/mol. The van der Waals surface area contributed by atoms with Crippen LogP contribution in [-0.4, -0.2) is 35.4 Å². The Hall–Kier alpha value is -0.970. The summed E-state index contributed by atoms with van der Waals surface area (Å²) in [6.07, 6.45) is 5.73. The third-order valence-corrected chi connectivity index (χ3v) is 3.82. The molecule has 1 aromatic rings. The maximum absolute atomic E-state index is 4.71. The quantitative estimate of drug-likeness (QED) is 0.585. The van der Waals surface area contributed by atoms with E-state index in [9.17, 15) is 0 Å². The van der Waals surface area contributed by atoms with Crippen molar-refractivity contribution in [3.63, 3.8) is 0 Å². The molecule has 1 fully saturated rings. The molecular weight excluding hydrogens is 268 g/mol. The van der Waals surface area contributed by atoms with Gasteiger partial charge in [-0.15, -0.1) is 0 Å². The molecule has 1 saturated carbocycles. The van der Waals surface area contributed by atoms with E-state index in [-0.39, 0.29) is 0 Å². The predicted molar refractivity (Wildman–Crippen MR) is 87.8 cm³/mol. The van der Waals surface area contributed by atoms with E-state index in [0.717, 1.165) is 36.3 Å². The highest BCUT2D eigenvalue weighted by atomic mass is 32.2. The van der Waals surface area contributed by atoms with Crippen LogP contribution in [0.15, 0.2) is 11.2 Å². The second-order valence-electron chi connectivity index (χ2n) is 5.80. The lowest BCUT2D eigenvalue weighted by molar-refractivity contribution is 0.600. The van der Waals surface area contributed by atoms with Crippen molar-refractivity contribution in [2.75, 3.05) is 29.6 Å². The Morgan fingerprint density at radius 1 is 1.40 bits per heavy atom. The number of hydrogen-bond donors (Lipinski definition) is 1. The van der Waals surface area contributed by atoms with Gasteiger partial charge < -0.3 is 10.2 Å². The Kier molecular flexibility index (Phi) is 5.52. The largest absolute Gasteiger partial charge is 0.370 e. The van der Waals surface area contributed by atoms with Gasteiger partial charge in [0.25, 0.3) is 0 Å². The molecule has 1 aliphatic rings. The van der Waals surface area contributed by atoms with Gasteiger partial charge in [-0.25, -0.2) is 9.97 Å². The Labute approximate surface area is 126 Å². The summed E-state index contributed by atoms with van der Waals surface area (Å²) in [5.74, 6) is 2.69. The van der Waals surface area contributed by atoms with Crippen LogP contribution in [0, 0.1) is 5.92 Å². The topological polar surface area (TPSA) is 41.0 Å². The number of anilines is 2. The highest BCUT2D eigenvalue weighted by Gasteiger charge is 2.30. The maximum atomic E-state index is 4.71. The molecule has 2 rings (SSSR count). The van der Waals surface area contributed by atoms with Gasteiger partial charge in [-0.05, 0) is 31.4 Å². The lowest BCUT2D eigenvalue weighted by Gasteiger charge is -2.26. The highest BCUT2D eigenvalue weighted by molar-refractivity contribution is 7.98. The number of nitrogens with one attached hydrogen (secondary N) is 1. The molecule has 0 bridgehead atoms. The molecule has 1 heterocycles. The first-order valence-corrected chi connectivity index (χ1v) is 8.80. The van der Waals surface area contributed by atoms with Gasteiger partial charge in [0.2, 0.25) is 0 Å². The molecule has 0 radical (unpaired) electrons. The molecule has 0 aliphatic heterocycles. The fourth-order valence-electron chi connectivity index (χ4n) is 2.20. The van der Waals surface area contributed by atoms with E-state index in [0.29, 0.717) is 12.0 Å². The van der Waals surface area contributed by atoms with Crippen LogP contribution in [0.25, 0.3) is 0 Å². The summed E-state index contributed by atoms with van der Waals surface area (Å²) in [6.45, 7) is 8.73. The van der Waals surface area contributed by atoms with Crippen molar-refractivity contribution in [3.8, 4) is 0 Å². The van der Waals surface area contributed by atoms with E-state index in [2.05, 4.69) is 42.0 Å². The van der Waals surface area contributed by atoms with E-state index in [4.69, 9.17) is 4.98 Å². The summed E-state index contributed by atoms with van der Waals surface area (Å²) in [4.78, 5) is 11.7. The zero-order valence-electron chi connectivity index (χ0n) is 13.0. The molecule has 0 spiro atoms. The van der Waals surface area contributed by atoms with Gasteiger partial charge in [0, 0.05) is 25.2 Å². The van der Waals surface area contributed by atoms with Gasteiger partial charge in [0.05, 0.1) is 0 Å². The third kappa shape index (κ3) is 4.27. The summed E-state index contributed by atoms with van der Waals surface area (Å²) < 4.78 is 0. The maximum Gasteiger partial charge on any atom is 0.191 e. The summed E-state index contributed by atoms with van der Waals surface area (Å²) in [7, 11) is 0. The monoisotopic (exact) mass is 294 g/mol. The first-order chi connectivity index (χ1) is 9.63. The zero-order valence-corrected chi connectivity index (χ0v) is 13.8. The molecular formula is C15H26N4S. The predicted octanol–water partition coefficient (Wildman–Crippen LogP) is 3.65. The minimum absolute atomic E-state index is 0.648. The molecule has 1 aliphatic carbocycles. The van der Waals surface area contributed by atoms with Crippen molar-refractivity contribution < 1.29 is 0 Å². The summed E-state index contributed by atoms with van der Waals surface area (Å²) in [5.41, 5.74) is 0. The SMILES string of the molecule is CCCNc1cc(N(CC(C)C)C2CC2)nc(SC)n1. The number of hydrogen-bond acceptors (Lipinski definition) is 5. The van der Waals surface area contributed by atoms with Crippen LogP contribution in [-0.2, 0) is 0 Å². The molecule has 112 valence electrons.